The molecule has 0 spiro atoms. The maximum absolute atomic E-state index is 11.7. The van der Waals surface area contributed by atoms with Crippen LogP contribution in [0.4, 0.5) is 0 Å². The van der Waals surface area contributed by atoms with E-state index < -0.39 is 0 Å². The van der Waals surface area contributed by atoms with Crippen LogP contribution in [0.1, 0.15) is 25.8 Å². The van der Waals surface area contributed by atoms with Crippen molar-refractivity contribution >= 4 is 30.1 Å². The summed E-state index contributed by atoms with van der Waals surface area (Å²) in [4.78, 5) is 12.9. The summed E-state index contributed by atoms with van der Waals surface area (Å²) in [7, 11) is 0. The number of hydrogen-bond acceptors (Lipinski definition) is 3. The predicted octanol–water partition coefficient (Wildman–Crippen LogP) is 3.00. The van der Waals surface area contributed by atoms with E-state index >= 15 is 0 Å². The average Bonchev–Trinajstić information content (AvgIpc) is 2.35. The van der Waals surface area contributed by atoms with E-state index in [1.54, 1.807) is 11.8 Å². The molecule has 1 aromatic rings. The zero-order valence-electron chi connectivity index (χ0n) is 12.4. The van der Waals surface area contributed by atoms with Crippen molar-refractivity contribution in [1.82, 2.24) is 5.32 Å². The fourth-order valence-electron chi connectivity index (χ4n) is 1.72. The van der Waals surface area contributed by atoms with Crippen LogP contribution in [0, 0.1) is 12.8 Å². The Morgan fingerprint density at radius 2 is 1.90 bits per heavy atom. The zero-order valence-corrected chi connectivity index (χ0v) is 14.0. The number of nitrogens with one attached hydrogen (secondary N) is 1. The summed E-state index contributed by atoms with van der Waals surface area (Å²) >= 11 is 1.74. The number of carbonyl (C=O) groups excluding carboxylic acids is 1. The van der Waals surface area contributed by atoms with E-state index in [2.05, 4.69) is 50.4 Å². The van der Waals surface area contributed by atoms with Gasteiger partial charge in [-0.2, -0.15) is 0 Å². The lowest BCUT2D eigenvalue weighted by atomic mass is 10.0. The van der Waals surface area contributed by atoms with Crippen LogP contribution < -0.4 is 11.1 Å². The van der Waals surface area contributed by atoms with E-state index in [1.807, 2.05) is 0 Å². The number of nitrogens with two attached hydrogens (primary N) is 1. The summed E-state index contributed by atoms with van der Waals surface area (Å²) in [5.74, 6) is 1.27. The van der Waals surface area contributed by atoms with Crippen LogP contribution in [0.25, 0.3) is 0 Å². The molecule has 1 rings (SSSR count). The first-order chi connectivity index (χ1) is 8.99. The van der Waals surface area contributed by atoms with Gasteiger partial charge in [-0.05, 0) is 31.4 Å². The summed E-state index contributed by atoms with van der Waals surface area (Å²) < 4.78 is 0. The SMILES string of the molecule is Cc1ccc(SCCNC(=O)[C@@H](N)CC(C)C)cc1.Cl. The first-order valence-corrected chi connectivity index (χ1v) is 7.70. The van der Waals surface area contributed by atoms with Gasteiger partial charge >= 0.3 is 0 Å². The van der Waals surface area contributed by atoms with Gasteiger partial charge in [0, 0.05) is 17.2 Å². The molecule has 0 saturated carbocycles. The summed E-state index contributed by atoms with van der Waals surface area (Å²) in [6.45, 7) is 6.87. The van der Waals surface area contributed by atoms with Crippen LogP contribution in [0.15, 0.2) is 29.2 Å². The second-order valence-corrected chi connectivity index (χ2v) is 6.36. The van der Waals surface area contributed by atoms with Crippen LogP contribution >= 0.6 is 24.2 Å². The second kappa shape index (κ2) is 10.1. The van der Waals surface area contributed by atoms with Crippen LogP contribution in [-0.4, -0.2) is 24.2 Å². The van der Waals surface area contributed by atoms with Crippen molar-refractivity contribution in [2.24, 2.45) is 11.7 Å². The zero-order chi connectivity index (χ0) is 14.3. The highest BCUT2D eigenvalue weighted by Gasteiger charge is 2.13. The van der Waals surface area contributed by atoms with Crippen molar-refractivity contribution < 1.29 is 4.79 Å². The maximum Gasteiger partial charge on any atom is 0.236 e. The molecule has 0 bridgehead atoms. The number of amides is 1. The minimum absolute atomic E-state index is 0. The topological polar surface area (TPSA) is 55.1 Å². The molecule has 0 aromatic heterocycles. The van der Waals surface area contributed by atoms with Gasteiger partial charge in [-0.25, -0.2) is 0 Å². The predicted molar refractivity (Wildman–Crippen MR) is 89.6 cm³/mol. The summed E-state index contributed by atoms with van der Waals surface area (Å²) in [5.41, 5.74) is 7.07. The van der Waals surface area contributed by atoms with Gasteiger partial charge in [-0.15, -0.1) is 24.2 Å². The first-order valence-electron chi connectivity index (χ1n) is 6.72. The van der Waals surface area contributed by atoms with Crippen molar-refractivity contribution in [2.75, 3.05) is 12.3 Å². The third-order valence-electron chi connectivity index (χ3n) is 2.75. The van der Waals surface area contributed by atoms with Gasteiger partial charge < -0.3 is 11.1 Å². The maximum atomic E-state index is 11.7. The number of carbonyl (C=O) groups is 1. The molecule has 0 radical (unpaired) electrons. The summed E-state index contributed by atoms with van der Waals surface area (Å²) in [6, 6.07) is 8.02. The molecule has 0 heterocycles. The number of benzene rings is 1. The van der Waals surface area contributed by atoms with Gasteiger partial charge in [0.15, 0.2) is 0 Å². The molecule has 20 heavy (non-hydrogen) atoms. The first kappa shape index (κ1) is 19.3. The Labute approximate surface area is 132 Å². The van der Waals surface area contributed by atoms with E-state index in [0.717, 1.165) is 12.2 Å². The highest BCUT2D eigenvalue weighted by Crippen LogP contribution is 2.17. The fraction of sp³-hybridized carbons (Fsp3) is 0.533. The van der Waals surface area contributed by atoms with Crippen LogP contribution in [0.5, 0.6) is 0 Å². The summed E-state index contributed by atoms with van der Waals surface area (Å²) in [5, 5.41) is 2.88. The molecule has 0 fully saturated rings. The Kier molecular flexibility index (Phi) is 9.72. The van der Waals surface area contributed by atoms with E-state index in [-0.39, 0.29) is 24.4 Å². The lowest BCUT2D eigenvalue weighted by Crippen LogP contribution is -2.42. The van der Waals surface area contributed by atoms with E-state index in [1.165, 1.54) is 10.5 Å². The van der Waals surface area contributed by atoms with Crippen molar-refractivity contribution in [3.05, 3.63) is 29.8 Å². The molecule has 0 unspecified atom stereocenters. The average molecular weight is 317 g/mol. The Balaban J connectivity index is 0.00000361. The summed E-state index contributed by atoms with van der Waals surface area (Å²) in [6.07, 6.45) is 0.733. The monoisotopic (exact) mass is 316 g/mol. The molecule has 3 nitrogen and oxygen atoms in total. The van der Waals surface area contributed by atoms with Crippen LogP contribution in [0.2, 0.25) is 0 Å². The van der Waals surface area contributed by atoms with Gasteiger partial charge in [0.25, 0.3) is 0 Å². The van der Waals surface area contributed by atoms with Crippen molar-refractivity contribution in [1.29, 1.82) is 0 Å². The van der Waals surface area contributed by atoms with Gasteiger partial charge in [0.1, 0.15) is 0 Å². The van der Waals surface area contributed by atoms with Crippen LogP contribution in [0.3, 0.4) is 0 Å². The molecule has 0 saturated heterocycles. The lowest BCUT2D eigenvalue weighted by Gasteiger charge is -2.13. The van der Waals surface area contributed by atoms with E-state index in [0.29, 0.717) is 12.5 Å². The third kappa shape index (κ3) is 7.78. The fourth-order valence-corrected chi connectivity index (χ4v) is 2.49. The molecule has 0 aliphatic rings. The van der Waals surface area contributed by atoms with Gasteiger partial charge in [0.2, 0.25) is 5.91 Å². The second-order valence-electron chi connectivity index (χ2n) is 5.19. The molecule has 0 aliphatic carbocycles. The van der Waals surface area contributed by atoms with Gasteiger partial charge in [-0.1, -0.05) is 31.5 Å². The standard InChI is InChI=1S/C15H24N2OS.ClH/c1-11(2)10-14(16)15(18)17-8-9-19-13-6-4-12(3)5-7-13;/h4-7,11,14H,8-10,16H2,1-3H3,(H,17,18);1H/t14-;/m0./s1. The van der Waals surface area contributed by atoms with Crippen molar-refractivity contribution in [3.63, 3.8) is 0 Å². The van der Waals surface area contributed by atoms with Gasteiger partial charge in [0.05, 0.1) is 6.04 Å². The molecular weight excluding hydrogens is 292 g/mol. The molecule has 1 amide bonds. The molecule has 114 valence electrons. The number of hydrogen-bond donors (Lipinski definition) is 2. The van der Waals surface area contributed by atoms with Crippen molar-refractivity contribution in [3.8, 4) is 0 Å². The number of aryl methyl sites for hydroxylation is 1. The van der Waals surface area contributed by atoms with Gasteiger partial charge in [-0.3, -0.25) is 4.79 Å². The van der Waals surface area contributed by atoms with Crippen molar-refractivity contribution in [2.45, 2.75) is 38.1 Å². The molecule has 1 aromatic carbocycles. The lowest BCUT2D eigenvalue weighted by molar-refractivity contribution is -0.122. The molecule has 1 atom stereocenters. The minimum atomic E-state index is -0.385. The Morgan fingerprint density at radius 1 is 1.30 bits per heavy atom. The highest BCUT2D eigenvalue weighted by molar-refractivity contribution is 7.99. The molecule has 5 heteroatoms. The Hall–Kier alpha value is -0.710. The largest absolute Gasteiger partial charge is 0.354 e. The molecule has 3 N–H and O–H groups in total. The quantitative estimate of drug-likeness (QED) is 0.600. The number of halogens is 1. The van der Waals surface area contributed by atoms with E-state index in [9.17, 15) is 4.79 Å². The van der Waals surface area contributed by atoms with Crippen LogP contribution in [-0.2, 0) is 4.79 Å². The smallest absolute Gasteiger partial charge is 0.236 e. The Morgan fingerprint density at radius 3 is 2.45 bits per heavy atom. The number of rotatable bonds is 7. The molecule has 0 aliphatic heterocycles. The highest BCUT2D eigenvalue weighted by atomic mass is 35.5. The third-order valence-corrected chi connectivity index (χ3v) is 3.77. The Bertz CT molecular complexity index is 395. The minimum Gasteiger partial charge on any atom is -0.354 e. The van der Waals surface area contributed by atoms with E-state index in [4.69, 9.17) is 5.73 Å². The molecular formula is C15H25ClN2OS. The number of thioether (sulfide) groups is 1. The normalized spacial score (nSPS) is 11.8.